The number of aromatic nitrogens is 3. The van der Waals surface area contributed by atoms with Crippen LogP contribution in [0.1, 0.15) is 29.9 Å². The molecule has 0 unspecified atom stereocenters. The molecule has 0 aliphatic heterocycles. The molecule has 35 heavy (non-hydrogen) atoms. The van der Waals surface area contributed by atoms with Crippen LogP contribution in [-0.4, -0.2) is 41.0 Å². The number of benzene rings is 2. The maximum Gasteiger partial charge on any atom is 0.281 e. The van der Waals surface area contributed by atoms with Gasteiger partial charge in [-0.25, -0.2) is 0 Å². The Kier molecular flexibility index (Phi) is 6.91. The van der Waals surface area contributed by atoms with E-state index >= 15 is 0 Å². The van der Waals surface area contributed by atoms with E-state index in [0.29, 0.717) is 24.0 Å². The van der Waals surface area contributed by atoms with E-state index in [-0.39, 0.29) is 11.5 Å². The molecule has 4 aromatic rings. The standard InChI is InChI=1S/C27H30N4O4/c1-17-23-16-29-31(21-9-7-6-8-10-21)27(33)25(23)18(2)30(17)19(3)26(32)28-14-13-20-15-22(34-4)11-12-24(20)35-5/h6-12,15-16,19H,13-14H2,1-5H3,(H,28,32)/t19-/m0/s1. The van der Waals surface area contributed by atoms with E-state index in [1.165, 1.54) is 4.68 Å². The summed E-state index contributed by atoms with van der Waals surface area (Å²) in [6, 6.07) is 14.4. The average molecular weight is 475 g/mol. The van der Waals surface area contributed by atoms with E-state index in [9.17, 15) is 9.59 Å². The van der Waals surface area contributed by atoms with Crippen LogP contribution in [0.2, 0.25) is 0 Å². The summed E-state index contributed by atoms with van der Waals surface area (Å²) in [6.07, 6.45) is 2.29. The molecule has 0 saturated heterocycles. The zero-order chi connectivity index (χ0) is 25.1. The van der Waals surface area contributed by atoms with Crippen molar-refractivity contribution in [3.05, 3.63) is 82.0 Å². The molecule has 2 aromatic heterocycles. The summed E-state index contributed by atoms with van der Waals surface area (Å²) in [5.74, 6) is 1.36. The fourth-order valence-electron chi connectivity index (χ4n) is 4.58. The summed E-state index contributed by atoms with van der Waals surface area (Å²) in [5.41, 5.74) is 3.02. The number of nitrogens with zero attached hydrogens (tertiary/aromatic N) is 3. The summed E-state index contributed by atoms with van der Waals surface area (Å²) >= 11 is 0. The van der Waals surface area contributed by atoms with E-state index in [2.05, 4.69) is 10.4 Å². The van der Waals surface area contributed by atoms with E-state index in [0.717, 1.165) is 33.8 Å². The Morgan fingerprint density at radius 1 is 1.06 bits per heavy atom. The van der Waals surface area contributed by atoms with Gasteiger partial charge < -0.3 is 19.4 Å². The average Bonchev–Trinajstić information content (AvgIpc) is 3.14. The number of amides is 1. The highest BCUT2D eigenvalue weighted by Crippen LogP contribution is 2.27. The third-order valence-corrected chi connectivity index (χ3v) is 6.40. The van der Waals surface area contributed by atoms with Crippen molar-refractivity contribution in [2.45, 2.75) is 33.2 Å². The molecule has 2 aromatic carbocycles. The van der Waals surface area contributed by atoms with Gasteiger partial charge >= 0.3 is 0 Å². The highest BCUT2D eigenvalue weighted by molar-refractivity contribution is 5.89. The monoisotopic (exact) mass is 474 g/mol. The Bertz CT molecular complexity index is 1420. The summed E-state index contributed by atoms with van der Waals surface area (Å²) in [7, 11) is 3.24. The highest BCUT2D eigenvalue weighted by Gasteiger charge is 2.23. The Labute approximate surface area is 204 Å². The van der Waals surface area contributed by atoms with Crippen molar-refractivity contribution in [1.29, 1.82) is 0 Å². The third kappa shape index (κ3) is 4.51. The Morgan fingerprint density at radius 3 is 2.49 bits per heavy atom. The number of fused-ring (bicyclic) bond motifs is 1. The molecule has 0 bridgehead atoms. The number of ether oxygens (including phenoxy) is 2. The second-order valence-corrected chi connectivity index (χ2v) is 8.42. The Hall–Kier alpha value is -4.07. The number of hydrogen-bond donors (Lipinski definition) is 1. The number of methoxy groups -OCH3 is 2. The van der Waals surface area contributed by atoms with Gasteiger partial charge in [0.2, 0.25) is 5.91 Å². The molecule has 0 aliphatic rings. The van der Waals surface area contributed by atoms with Crippen molar-refractivity contribution >= 4 is 16.7 Å². The zero-order valence-electron chi connectivity index (χ0n) is 20.7. The maximum absolute atomic E-state index is 13.3. The maximum atomic E-state index is 13.3. The second-order valence-electron chi connectivity index (χ2n) is 8.42. The number of carbonyl (C=O) groups excluding carboxylic acids is 1. The van der Waals surface area contributed by atoms with Crippen molar-refractivity contribution in [2.24, 2.45) is 0 Å². The van der Waals surface area contributed by atoms with Crippen LogP contribution in [0.25, 0.3) is 16.5 Å². The topological polar surface area (TPSA) is 87.4 Å². The summed E-state index contributed by atoms with van der Waals surface area (Å²) in [5, 5.41) is 8.71. The van der Waals surface area contributed by atoms with Crippen LogP contribution in [0.5, 0.6) is 11.5 Å². The van der Waals surface area contributed by atoms with Gasteiger partial charge in [0.15, 0.2) is 0 Å². The van der Waals surface area contributed by atoms with Crippen LogP contribution in [-0.2, 0) is 11.2 Å². The first-order valence-corrected chi connectivity index (χ1v) is 11.5. The van der Waals surface area contributed by atoms with Crippen molar-refractivity contribution in [3.8, 4) is 17.2 Å². The van der Waals surface area contributed by atoms with E-state index in [4.69, 9.17) is 9.47 Å². The molecule has 0 aliphatic carbocycles. The van der Waals surface area contributed by atoms with Crippen LogP contribution in [0.3, 0.4) is 0 Å². The van der Waals surface area contributed by atoms with Gasteiger partial charge in [0.05, 0.1) is 31.5 Å². The zero-order valence-corrected chi connectivity index (χ0v) is 20.7. The van der Waals surface area contributed by atoms with Crippen molar-refractivity contribution < 1.29 is 14.3 Å². The Balaban J connectivity index is 1.57. The quantitative estimate of drug-likeness (QED) is 0.420. The number of aryl methyl sites for hydroxylation is 2. The predicted octanol–water partition coefficient (Wildman–Crippen LogP) is 3.74. The first kappa shape index (κ1) is 24.1. The van der Waals surface area contributed by atoms with Gasteiger partial charge in [-0.05, 0) is 63.1 Å². The molecule has 1 amide bonds. The van der Waals surface area contributed by atoms with Gasteiger partial charge in [-0.2, -0.15) is 9.78 Å². The lowest BCUT2D eigenvalue weighted by atomic mass is 10.1. The van der Waals surface area contributed by atoms with E-state index in [1.54, 1.807) is 20.4 Å². The lowest BCUT2D eigenvalue weighted by Crippen LogP contribution is -2.33. The predicted molar refractivity (Wildman–Crippen MR) is 136 cm³/mol. The van der Waals surface area contributed by atoms with Crippen molar-refractivity contribution in [1.82, 2.24) is 19.7 Å². The smallest absolute Gasteiger partial charge is 0.281 e. The fraction of sp³-hybridized carbons (Fsp3) is 0.296. The van der Waals surface area contributed by atoms with Crippen LogP contribution < -0.4 is 20.3 Å². The van der Waals surface area contributed by atoms with Crippen LogP contribution in [0, 0.1) is 13.8 Å². The number of rotatable bonds is 8. The third-order valence-electron chi connectivity index (χ3n) is 6.40. The lowest BCUT2D eigenvalue weighted by Gasteiger charge is -2.18. The first-order chi connectivity index (χ1) is 16.9. The number of hydrogen-bond acceptors (Lipinski definition) is 5. The molecular formula is C27H30N4O4. The lowest BCUT2D eigenvalue weighted by molar-refractivity contribution is -0.123. The molecule has 0 fully saturated rings. The highest BCUT2D eigenvalue weighted by atomic mass is 16.5. The van der Waals surface area contributed by atoms with Crippen LogP contribution in [0.15, 0.2) is 59.5 Å². The molecule has 0 spiro atoms. The molecular weight excluding hydrogens is 444 g/mol. The first-order valence-electron chi connectivity index (χ1n) is 11.5. The van der Waals surface area contributed by atoms with Crippen LogP contribution >= 0.6 is 0 Å². The molecule has 4 rings (SSSR count). The molecule has 8 heteroatoms. The summed E-state index contributed by atoms with van der Waals surface area (Å²) in [6.45, 7) is 6.06. The van der Waals surface area contributed by atoms with Crippen molar-refractivity contribution in [3.63, 3.8) is 0 Å². The minimum absolute atomic E-state index is 0.130. The molecule has 2 heterocycles. The second kappa shape index (κ2) is 10.0. The van der Waals surface area contributed by atoms with E-state index < -0.39 is 6.04 Å². The molecule has 1 N–H and O–H groups in total. The minimum atomic E-state index is -0.501. The SMILES string of the molecule is COc1ccc(OC)c(CCNC(=O)[C@H](C)n2c(C)c3cnn(-c4ccccc4)c(=O)c3c2C)c1. The molecule has 0 radical (unpaired) electrons. The summed E-state index contributed by atoms with van der Waals surface area (Å²) < 4.78 is 14.0. The minimum Gasteiger partial charge on any atom is -0.497 e. The van der Waals surface area contributed by atoms with Gasteiger partial charge in [-0.3, -0.25) is 9.59 Å². The fourth-order valence-corrected chi connectivity index (χ4v) is 4.58. The van der Waals surface area contributed by atoms with Crippen LogP contribution in [0.4, 0.5) is 0 Å². The molecule has 1 atom stereocenters. The molecule has 0 saturated carbocycles. The number of para-hydroxylation sites is 1. The molecule has 8 nitrogen and oxygen atoms in total. The number of carbonyl (C=O) groups is 1. The molecule has 182 valence electrons. The van der Waals surface area contributed by atoms with Gasteiger partial charge in [0.25, 0.3) is 5.56 Å². The van der Waals surface area contributed by atoms with Crippen molar-refractivity contribution in [2.75, 3.05) is 20.8 Å². The normalized spacial score (nSPS) is 11.9. The Morgan fingerprint density at radius 2 is 1.80 bits per heavy atom. The van der Waals surface area contributed by atoms with Gasteiger partial charge in [0, 0.05) is 23.3 Å². The van der Waals surface area contributed by atoms with E-state index in [1.807, 2.05) is 73.9 Å². The van der Waals surface area contributed by atoms with Gasteiger partial charge in [-0.1, -0.05) is 18.2 Å². The number of nitrogens with one attached hydrogen (secondary N) is 1. The summed E-state index contributed by atoms with van der Waals surface area (Å²) in [4.78, 5) is 26.4. The largest absolute Gasteiger partial charge is 0.497 e. The van der Waals surface area contributed by atoms with Gasteiger partial charge in [0.1, 0.15) is 17.5 Å². The van der Waals surface area contributed by atoms with Gasteiger partial charge in [-0.15, -0.1) is 0 Å².